The molecule has 9 heteroatoms. The quantitative estimate of drug-likeness (QED) is 0.596. The molecule has 0 fully saturated rings. The molecule has 3 aromatic rings. The third-order valence-electron chi connectivity index (χ3n) is 4.29. The van der Waals surface area contributed by atoms with Crippen LogP contribution < -0.4 is 19.5 Å². The van der Waals surface area contributed by atoms with Crippen molar-refractivity contribution in [2.45, 2.75) is 11.3 Å². The molecule has 1 atom stereocenters. The van der Waals surface area contributed by atoms with E-state index in [0.29, 0.717) is 29.8 Å². The van der Waals surface area contributed by atoms with Gasteiger partial charge in [-0.3, -0.25) is 9.36 Å². The van der Waals surface area contributed by atoms with Crippen LogP contribution in [0.4, 0.5) is 0 Å². The molecular weight excluding hydrogens is 392 g/mol. The van der Waals surface area contributed by atoms with E-state index in [0.717, 1.165) is 11.4 Å². The first-order valence-corrected chi connectivity index (χ1v) is 10.0. The third-order valence-corrected chi connectivity index (χ3v) is 5.23. The fourth-order valence-electron chi connectivity index (χ4n) is 2.89. The van der Waals surface area contributed by atoms with Gasteiger partial charge in [-0.1, -0.05) is 36.0 Å². The maximum atomic E-state index is 12.3. The highest BCUT2D eigenvalue weighted by Crippen LogP contribution is 2.30. The second-order valence-electron chi connectivity index (χ2n) is 6.25. The number of hydrogen-bond acceptors (Lipinski definition) is 7. The van der Waals surface area contributed by atoms with E-state index in [9.17, 15) is 4.79 Å². The van der Waals surface area contributed by atoms with Crippen LogP contribution in [0.25, 0.3) is 5.69 Å². The van der Waals surface area contributed by atoms with Crippen molar-refractivity contribution in [1.29, 1.82) is 0 Å². The van der Waals surface area contributed by atoms with E-state index in [2.05, 4.69) is 15.5 Å². The molecular formula is C20H20N4O4S. The Bertz CT molecular complexity index is 994. The summed E-state index contributed by atoms with van der Waals surface area (Å²) in [6.45, 7) is 0.763. The number of fused-ring (bicyclic) bond motifs is 1. The van der Waals surface area contributed by atoms with Gasteiger partial charge in [0.25, 0.3) is 0 Å². The topological polar surface area (TPSA) is 87.5 Å². The monoisotopic (exact) mass is 412 g/mol. The van der Waals surface area contributed by atoms with Crippen molar-refractivity contribution < 1.29 is 19.0 Å². The molecule has 8 nitrogen and oxygen atoms in total. The Kier molecular flexibility index (Phi) is 5.85. The highest BCUT2D eigenvalue weighted by atomic mass is 32.2. The molecule has 1 aliphatic heterocycles. The Balaban J connectivity index is 1.31. The minimum atomic E-state index is -0.226. The normalized spacial score (nSPS) is 15.0. The summed E-state index contributed by atoms with van der Waals surface area (Å²) < 4.78 is 18.7. The lowest BCUT2D eigenvalue weighted by molar-refractivity contribution is -0.119. The third kappa shape index (κ3) is 4.45. The van der Waals surface area contributed by atoms with Crippen molar-refractivity contribution in [3.05, 3.63) is 54.9 Å². The van der Waals surface area contributed by atoms with Gasteiger partial charge >= 0.3 is 0 Å². The van der Waals surface area contributed by atoms with Crippen molar-refractivity contribution in [3.63, 3.8) is 0 Å². The van der Waals surface area contributed by atoms with Crippen LogP contribution in [-0.4, -0.2) is 52.8 Å². The van der Waals surface area contributed by atoms with E-state index >= 15 is 0 Å². The molecule has 4 rings (SSSR count). The molecule has 1 aromatic heterocycles. The highest BCUT2D eigenvalue weighted by Gasteiger charge is 2.21. The molecule has 1 aliphatic rings. The molecule has 0 spiro atoms. The Morgan fingerprint density at radius 1 is 1.24 bits per heavy atom. The minimum Gasteiger partial charge on any atom is -0.495 e. The first-order chi connectivity index (χ1) is 14.2. The van der Waals surface area contributed by atoms with Crippen LogP contribution >= 0.6 is 11.8 Å². The first kappa shape index (κ1) is 19.1. The number of methoxy groups -OCH3 is 1. The van der Waals surface area contributed by atoms with Crippen molar-refractivity contribution in [2.24, 2.45) is 0 Å². The Morgan fingerprint density at radius 3 is 2.90 bits per heavy atom. The second kappa shape index (κ2) is 8.87. The lowest BCUT2D eigenvalue weighted by atomic mass is 10.2. The van der Waals surface area contributed by atoms with Crippen molar-refractivity contribution in [2.75, 3.05) is 26.0 Å². The predicted octanol–water partition coefficient (Wildman–Crippen LogP) is 2.32. The largest absolute Gasteiger partial charge is 0.495 e. The number of carbonyl (C=O) groups is 1. The van der Waals surface area contributed by atoms with Crippen LogP contribution in [0.2, 0.25) is 0 Å². The van der Waals surface area contributed by atoms with Gasteiger partial charge in [0.05, 0.1) is 25.1 Å². The SMILES string of the molecule is COc1ccccc1-n1cnnc1SCC(=O)NC[C@H]1COc2ccccc2O1. The average Bonchev–Trinajstić information content (AvgIpc) is 3.24. The number of benzene rings is 2. The van der Waals surface area contributed by atoms with Crippen molar-refractivity contribution >= 4 is 17.7 Å². The number of ether oxygens (including phenoxy) is 3. The van der Waals surface area contributed by atoms with E-state index in [1.54, 1.807) is 18.0 Å². The summed E-state index contributed by atoms with van der Waals surface area (Å²) in [5.41, 5.74) is 0.814. The summed E-state index contributed by atoms with van der Waals surface area (Å²) in [7, 11) is 1.61. The Morgan fingerprint density at radius 2 is 2.03 bits per heavy atom. The molecule has 1 amide bonds. The van der Waals surface area contributed by atoms with Crippen LogP contribution in [0.3, 0.4) is 0 Å². The minimum absolute atomic E-state index is 0.118. The zero-order valence-corrected chi connectivity index (χ0v) is 16.6. The zero-order chi connectivity index (χ0) is 20.1. The summed E-state index contributed by atoms with van der Waals surface area (Å²) in [5.74, 6) is 2.21. The van der Waals surface area contributed by atoms with E-state index < -0.39 is 0 Å². The van der Waals surface area contributed by atoms with Gasteiger partial charge in [-0.25, -0.2) is 0 Å². The van der Waals surface area contributed by atoms with Crippen LogP contribution in [0.1, 0.15) is 0 Å². The van der Waals surface area contributed by atoms with Gasteiger partial charge < -0.3 is 19.5 Å². The molecule has 150 valence electrons. The van der Waals surface area contributed by atoms with E-state index in [1.165, 1.54) is 11.8 Å². The summed E-state index contributed by atoms with van der Waals surface area (Å²) in [6, 6.07) is 15.1. The van der Waals surface area contributed by atoms with Gasteiger partial charge in [-0.15, -0.1) is 10.2 Å². The number of hydrogen-bond donors (Lipinski definition) is 1. The summed E-state index contributed by atoms with van der Waals surface area (Å²) in [6.07, 6.45) is 1.37. The highest BCUT2D eigenvalue weighted by molar-refractivity contribution is 7.99. The summed E-state index contributed by atoms with van der Waals surface area (Å²) in [5, 5.41) is 11.6. The van der Waals surface area contributed by atoms with Crippen molar-refractivity contribution in [3.8, 4) is 22.9 Å². The van der Waals surface area contributed by atoms with Gasteiger partial charge in [-0.2, -0.15) is 0 Å². The second-order valence-corrected chi connectivity index (χ2v) is 7.19. The summed E-state index contributed by atoms with van der Waals surface area (Å²) in [4.78, 5) is 12.3. The Hall–Kier alpha value is -3.20. The molecule has 0 aliphatic carbocycles. The molecule has 0 bridgehead atoms. The molecule has 0 radical (unpaired) electrons. The maximum absolute atomic E-state index is 12.3. The average molecular weight is 412 g/mol. The first-order valence-electron chi connectivity index (χ1n) is 9.06. The molecule has 2 aromatic carbocycles. The summed E-state index contributed by atoms with van der Waals surface area (Å²) >= 11 is 1.30. The zero-order valence-electron chi connectivity index (χ0n) is 15.8. The molecule has 2 heterocycles. The fraction of sp³-hybridized carbons (Fsp3) is 0.250. The molecule has 0 unspecified atom stereocenters. The predicted molar refractivity (Wildman–Crippen MR) is 108 cm³/mol. The Labute approximate surface area is 172 Å². The van der Waals surface area contributed by atoms with Crippen LogP contribution in [0.15, 0.2) is 60.0 Å². The van der Waals surface area contributed by atoms with Gasteiger partial charge in [-0.05, 0) is 24.3 Å². The van der Waals surface area contributed by atoms with Crippen LogP contribution in [0.5, 0.6) is 17.2 Å². The van der Waals surface area contributed by atoms with Crippen molar-refractivity contribution in [1.82, 2.24) is 20.1 Å². The molecule has 1 N–H and O–H groups in total. The fourth-order valence-corrected chi connectivity index (χ4v) is 3.64. The van der Waals surface area contributed by atoms with E-state index in [-0.39, 0.29) is 17.8 Å². The lowest BCUT2D eigenvalue weighted by Crippen LogP contribution is -2.41. The number of carbonyl (C=O) groups excluding carboxylic acids is 1. The standard InChI is InChI=1S/C20H20N4O4S/c1-26-16-7-3-2-6-15(16)24-13-22-23-20(24)29-12-19(25)21-10-14-11-27-17-8-4-5-9-18(17)28-14/h2-9,13-14H,10-12H2,1H3,(H,21,25)/t14-/m0/s1. The number of aromatic nitrogens is 3. The number of nitrogens with zero attached hydrogens (tertiary/aromatic N) is 3. The van der Waals surface area contributed by atoms with E-state index in [4.69, 9.17) is 14.2 Å². The number of nitrogens with one attached hydrogen (secondary N) is 1. The maximum Gasteiger partial charge on any atom is 0.230 e. The number of para-hydroxylation sites is 4. The van der Waals surface area contributed by atoms with Gasteiger partial charge in [0.1, 0.15) is 24.8 Å². The van der Waals surface area contributed by atoms with Gasteiger partial charge in [0.2, 0.25) is 5.91 Å². The van der Waals surface area contributed by atoms with E-state index in [1.807, 2.05) is 48.5 Å². The smallest absolute Gasteiger partial charge is 0.230 e. The molecule has 0 saturated heterocycles. The van der Waals surface area contributed by atoms with Gasteiger partial charge in [0, 0.05) is 0 Å². The van der Waals surface area contributed by atoms with Gasteiger partial charge in [0.15, 0.2) is 16.7 Å². The van der Waals surface area contributed by atoms with Crippen LogP contribution in [-0.2, 0) is 4.79 Å². The van der Waals surface area contributed by atoms with Crippen LogP contribution in [0, 0.1) is 0 Å². The molecule has 29 heavy (non-hydrogen) atoms. The lowest BCUT2D eigenvalue weighted by Gasteiger charge is -2.26. The number of thioether (sulfide) groups is 1. The number of rotatable bonds is 7. The number of amides is 1. The molecule has 0 saturated carbocycles.